The van der Waals surface area contributed by atoms with E-state index in [1.54, 1.807) is 24.3 Å². The number of nitrogens with two attached hydrogens (primary N) is 1. The third-order valence-corrected chi connectivity index (χ3v) is 3.84. The molecular weight excluding hydrogens is 392 g/mol. The van der Waals surface area contributed by atoms with Gasteiger partial charge in [0.15, 0.2) is 5.11 Å². The summed E-state index contributed by atoms with van der Waals surface area (Å²) in [4.78, 5) is 0. The van der Waals surface area contributed by atoms with Crippen LogP contribution in [-0.4, -0.2) is 11.7 Å². The van der Waals surface area contributed by atoms with E-state index < -0.39 is 23.5 Å². The van der Waals surface area contributed by atoms with Gasteiger partial charge >= 0.3 is 12.4 Å². The fraction of sp³-hybridized carbons (Fsp3) is 0.235. The van der Waals surface area contributed by atoms with Crippen LogP contribution in [0.4, 0.5) is 37.7 Å². The molecule has 27 heavy (non-hydrogen) atoms. The molecule has 4 N–H and O–H groups in total. The van der Waals surface area contributed by atoms with Crippen LogP contribution in [0.15, 0.2) is 42.5 Å². The summed E-state index contributed by atoms with van der Waals surface area (Å²) < 4.78 is 77.3. The van der Waals surface area contributed by atoms with E-state index in [0.29, 0.717) is 17.4 Å². The molecule has 0 amide bonds. The fourth-order valence-electron chi connectivity index (χ4n) is 2.29. The minimum Gasteiger partial charge on any atom is -0.399 e. The Morgan fingerprint density at radius 1 is 0.926 bits per heavy atom. The van der Waals surface area contributed by atoms with Crippen LogP contribution < -0.4 is 16.4 Å². The Morgan fingerprint density at radius 2 is 1.56 bits per heavy atom. The number of nitrogen functional groups attached to an aromatic ring is 1. The molecule has 10 heteroatoms. The zero-order valence-electron chi connectivity index (χ0n) is 13.7. The molecule has 0 aliphatic carbocycles. The summed E-state index contributed by atoms with van der Waals surface area (Å²) in [5.41, 5.74) is 3.84. The lowest BCUT2D eigenvalue weighted by molar-refractivity contribution is -0.143. The van der Waals surface area contributed by atoms with E-state index in [-0.39, 0.29) is 29.7 Å². The quantitative estimate of drug-likeness (QED) is 0.386. The molecule has 0 atom stereocenters. The Bertz CT molecular complexity index is 800. The fourth-order valence-corrected chi connectivity index (χ4v) is 2.51. The van der Waals surface area contributed by atoms with Crippen molar-refractivity contribution in [3.63, 3.8) is 0 Å². The minimum absolute atomic E-state index is 0.00918. The highest BCUT2D eigenvalue weighted by Gasteiger charge is 2.37. The number of hydrogen-bond acceptors (Lipinski definition) is 2. The molecule has 2 aromatic rings. The van der Waals surface area contributed by atoms with Crippen molar-refractivity contribution in [3.05, 3.63) is 59.2 Å². The van der Waals surface area contributed by atoms with Gasteiger partial charge in [0.25, 0.3) is 0 Å². The van der Waals surface area contributed by atoms with Crippen LogP contribution in [0.25, 0.3) is 0 Å². The standard InChI is InChI=1S/C17H15F6N3S/c18-16(19,20)11-2-1-10(14(9-11)17(21,22)23)7-8-25-15(27)26-13-5-3-12(24)4-6-13/h1-6,9H,7-8,24H2,(H2,25,26,27). The second-order valence-corrected chi connectivity index (χ2v) is 6.03. The molecule has 0 radical (unpaired) electrons. The first kappa shape index (κ1) is 20.8. The molecule has 146 valence electrons. The zero-order valence-corrected chi connectivity index (χ0v) is 14.5. The lowest BCUT2D eigenvalue weighted by Crippen LogP contribution is -2.30. The minimum atomic E-state index is -4.89. The first-order chi connectivity index (χ1) is 12.5. The first-order valence-corrected chi connectivity index (χ1v) is 8.05. The predicted octanol–water partition coefficient (Wildman–Crippen LogP) is 4.84. The van der Waals surface area contributed by atoms with Gasteiger partial charge in [0.2, 0.25) is 0 Å². The molecule has 0 aromatic heterocycles. The van der Waals surface area contributed by atoms with E-state index in [2.05, 4.69) is 10.6 Å². The van der Waals surface area contributed by atoms with Crippen LogP contribution in [0.5, 0.6) is 0 Å². The Balaban J connectivity index is 2.02. The lowest BCUT2D eigenvalue weighted by Gasteiger charge is -2.16. The molecular formula is C17H15F6N3S. The van der Waals surface area contributed by atoms with Gasteiger partial charge in [-0.25, -0.2) is 0 Å². The normalized spacial score (nSPS) is 11.9. The molecule has 0 aliphatic heterocycles. The van der Waals surface area contributed by atoms with Crippen molar-refractivity contribution in [1.29, 1.82) is 0 Å². The van der Waals surface area contributed by atoms with Gasteiger partial charge in [-0.05, 0) is 60.6 Å². The summed E-state index contributed by atoms with van der Waals surface area (Å²) >= 11 is 5.04. The van der Waals surface area contributed by atoms with Crippen molar-refractivity contribution >= 4 is 28.7 Å². The molecule has 2 aromatic carbocycles. The average molecular weight is 407 g/mol. The summed E-state index contributed by atoms with van der Waals surface area (Å²) in [6, 6.07) is 8.22. The Labute approximate surface area is 156 Å². The molecule has 0 saturated carbocycles. The first-order valence-electron chi connectivity index (χ1n) is 7.64. The van der Waals surface area contributed by atoms with E-state index in [1.165, 1.54) is 0 Å². The van der Waals surface area contributed by atoms with E-state index >= 15 is 0 Å². The molecule has 2 rings (SSSR count). The zero-order chi connectivity index (χ0) is 20.2. The predicted molar refractivity (Wildman–Crippen MR) is 95.2 cm³/mol. The van der Waals surface area contributed by atoms with Crippen molar-refractivity contribution in [1.82, 2.24) is 5.32 Å². The number of benzene rings is 2. The van der Waals surface area contributed by atoms with Crippen LogP contribution in [-0.2, 0) is 18.8 Å². The van der Waals surface area contributed by atoms with Crippen LogP contribution in [0, 0.1) is 0 Å². The lowest BCUT2D eigenvalue weighted by atomic mass is 10.0. The van der Waals surface area contributed by atoms with Crippen molar-refractivity contribution in [2.75, 3.05) is 17.6 Å². The van der Waals surface area contributed by atoms with Crippen molar-refractivity contribution in [3.8, 4) is 0 Å². The van der Waals surface area contributed by atoms with Gasteiger partial charge < -0.3 is 16.4 Å². The van der Waals surface area contributed by atoms with Gasteiger partial charge in [0.05, 0.1) is 11.1 Å². The van der Waals surface area contributed by atoms with Crippen molar-refractivity contribution < 1.29 is 26.3 Å². The maximum Gasteiger partial charge on any atom is 0.416 e. The molecule has 0 saturated heterocycles. The number of rotatable bonds is 4. The average Bonchev–Trinajstić information content (AvgIpc) is 2.55. The molecule has 0 aliphatic rings. The van der Waals surface area contributed by atoms with Crippen molar-refractivity contribution in [2.45, 2.75) is 18.8 Å². The topological polar surface area (TPSA) is 50.1 Å². The Morgan fingerprint density at radius 3 is 2.11 bits per heavy atom. The monoisotopic (exact) mass is 407 g/mol. The highest BCUT2D eigenvalue weighted by atomic mass is 32.1. The van der Waals surface area contributed by atoms with Crippen LogP contribution in [0.3, 0.4) is 0 Å². The number of anilines is 2. The Hall–Kier alpha value is -2.49. The van der Waals surface area contributed by atoms with Crippen LogP contribution >= 0.6 is 12.2 Å². The number of halogens is 6. The SMILES string of the molecule is Nc1ccc(NC(=S)NCCc2ccc(C(F)(F)F)cc2C(F)(F)F)cc1. The largest absolute Gasteiger partial charge is 0.416 e. The van der Waals surface area contributed by atoms with E-state index in [4.69, 9.17) is 18.0 Å². The molecule has 0 spiro atoms. The molecule has 0 bridgehead atoms. The number of hydrogen-bond donors (Lipinski definition) is 3. The summed E-state index contributed by atoms with van der Waals surface area (Å²) in [5, 5.41) is 5.71. The third-order valence-electron chi connectivity index (χ3n) is 3.59. The van der Waals surface area contributed by atoms with E-state index in [9.17, 15) is 26.3 Å². The third kappa shape index (κ3) is 6.02. The highest BCUT2D eigenvalue weighted by Crippen LogP contribution is 2.37. The summed E-state index contributed by atoms with van der Waals surface area (Å²) in [7, 11) is 0. The molecule has 0 fully saturated rings. The highest BCUT2D eigenvalue weighted by molar-refractivity contribution is 7.80. The van der Waals surface area contributed by atoms with Gasteiger partial charge in [0, 0.05) is 17.9 Å². The number of nitrogens with one attached hydrogen (secondary N) is 2. The van der Waals surface area contributed by atoms with Gasteiger partial charge in [0.1, 0.15) is 0 Å². The van der Waals surface area contributed by atoms with E-state index in [1.807, 2.05) is 0 Å². The van der Waals surface area contributed by atoms with Gasteiger partial charge in [-0.1, -0.05) is 6.07 Å². The van der Waals surface area contributed by atoms with Crippen molar-refractivity contribution in [2.24, 2.45) is 0 Å². The van der Waals surface area contributed by atoms with Crippen LogP contribution in [0.2, 0.25) is 0 Å². The second-order valence-electron chi connectivity index (χ2n) is 5.62. The molecule has 0 unspecified atom stereocenters. The second kappa shape index (κ2) is 8.03. The molecule has 0 heterocycles. The molecule has 3 nitrogen and oxygen atoms in total. The maximum atomic E-state index is 13.1. The smallest absolute Gasteiger partial charge is 0.399 e. The number of thiocarbonyl (C=S) groups is 1. The van der Waals surface area contributed by atoms with Crippen LogP contribution in [0.1, 0.15) is 16.7 Å². The maximum absolute atomic E-state index is 13.1. The van der Waals surface area contributed by atoms with Gasteiger partial charge in [-0.2, -0.15) is 26.3 Å². The summed E-state index contributed by atoms with van der Waals surface area (Å²) in [6.07, 6.45) is -9.89. The number of alkyl halides is 6. The Kier molecular flexibility index (Phi) is 6.19. The summed E-state index contributed by atoms with van der Waals surface area (Å²) in [5.74, 6) is 0. The van der Waals surface area contributed by atoms with Gasteiger partial charge in [-0.15, -0.1) is 0 Å². The van der Waals surface area contributed by atoms with E-state index in [0.717, 1.165) is 6.07 Å². The van der Waals surface area contributed by atoms with Gasteiger partial charge in [-0.3, -0.25) is 0 Å². The summed E-state index contributed by atoms with van der Waals surface area (Å²) in [6.45, 7) is 0.00918.